The molecule has 2 nitrogen and oxygen atoms in total. The van der Waals surface area contributed by atoms with Gasteiger partial charge in [-0.3, -0.25) is 9.97 Å². The Kier molecular flexibility index (Phi) is 6.87. The molecule has 0 aliphatic carbocycles. The maximum absolute atomic E-state index is 4.77. The topological polar surface area (TPSA) is 25.8 Å². The van der Waals surface area contributed by atoms with Crippen LogP contribution in [0.25, 0.3) is 0 Å². The first-order valence-electron chi connectivity index (χ1n) is 10.2. The van der Waals surface area contributed by atoms with Gasteiger partial charge in [-0.2, -0.15) is 0 Å². The van der Waals surface area contributed by atoms with Gasteiger partial charge in [-0.15, -0.1) is 0 Å². The molecule has 0 radical (unpaired) electrons. The monoisotopic (exact) mass is 422 g/mol. The fraction of sp³-hybridized carbons (Fsp3) is 0.360. The van der Waals surface area contributed by atoms with E-state index in [9.17, 15) is 0 Å². The van der Waals surface area contributed by atoms with Gasteiger partial charge in [0.1, 0.15) is 0 Å². The van der Waals surface area contributed by atoms with Crippen LogP contribution < -0.4 is 16.2 Å². The first-order chi connectivity index (χ1) is 13.7. The van der Waals surface area contributed by atoms with Gasteiger partial charge in [-0.05, 0) is 67.5 Å². The zero-order chi connectivity index (χ0) is 21.1. The molecular formula is C25H32N2P2. The van der Waals surface area contributed by atoms with E-state index in [1.807, 2.05) is 24.5 Å². The van der Waals surface area contributed by atoms with Gasteiger partial charge in [0.25, 0.3) is 0 Å². The van der Waals surface area contributed by atoms with Gasteiger partial charge in [0.05, 0.1) is 10.9 Å². The molecule has 2 unspecified atom stereocenters. The summed E-state index contributed by atoms with van der Waals surface area (Å²) in [5, 5.41) is 1.78. The quantitative estimate of drug-likeness (QED) is 0.485. The maximum Gasteiger partial charge on any atom is 0.0681 e. The minimum Gasteiger partial charge on any atom is -0.257 e. The highest BCUT2D eigenvalue weighted by Gasteiger charge is 2.33. The lowest BCUT2D eigenvalue weighted by atomic mass is 10.2. The van der Waals surface area contributed by atoms with E-state index in [2.05, 4.69) is 90.1 Å². The van der Waals surface area contributed by atoms with E-state index in [0.29, 0.717) is 0 Å². The summed E-state index contributed by atoms with van der Waals surface area (Å²) in [7, 11) is -1.01. The van der Waals surface area contributed by atoms with Gasteiger partial charge in [0.15, 0.2) is 0 Å². The summed E-state index contributed by atoms with van der Waals surface area (Å²) in [5.41, 5.74) is 3.90. The van der Waals surface area contributed by atoms with Crippen molar-refractivity contribution in [2.45, 2.75) is 58.0 Å². The molecule has 4 heteroatoms. The van der Waals surface area contributed by atoms with E-state index >= 15 is 0 Å². The lowest BCUT2D eigenvalue weighted by Gasteiger charge is -2.35. The third-order valence-corrected chi connectivity index (χ3v) is 10.9. The zero-order valence-electron chi connectivity index (χ0n) is 18.4. The normalized spacial score (nSPS) is 14.4. The van der Waals surface area contributed by atoms with Gasteiger partial charge >= 0.3 is 0 Å². The number of pyridine rings is 2. The average Bonchev–Trinajstić information content (AvgIpc) is 2.67. The van der Waals surface area contributed by atoms with Crippen molar-refractivity contribution < 1.29 is 0 Å². The van der Waals surface area contributed by atoms with Crippen LogP contribution in [0.5, 0.6) is 0 Å². The molecule has 0 saturated heterocycles. The van der Waals surface area contributed by atoms with E-state index in [0.717, 1.165) is 6.16 Å². The second-order valence-corrected chi connectivity index (χ2v) is 15.2. The van der Waals surface area contributed by atoms with Crippen molar-refractivity contribution in [2.75, 3.05) is 0 Å². The summed E-state index contributed by atoms with van der Waals surface area (Å²) in [5.74, 6) is 0. The molecule has 0 aliphatic heterocycles. The van der Waals surface area contributed by atoms with Crippen LogP contribution in [-0.2, 0) is 6.16 Å². The molecular weight excluding hydrogens is 390 g/mol. The molecule has 2 atom stereocenters. The number of benzene rings is 1. The molecule has 3 aromatic rings. The molecule has 1 aromatic carbocycles. The minimum atomic E-state index is -0.569. The van der Waals surface area contributed by atoms with Gasteiger partial charge in [-0.1, -0.05) is 77.9 Å². The lowest BCUT2D eigenvalue weighted by molar-refractivity contribution is 0.784. The van der Waals surface area contributed by atoms with Gasteiger partial charge in [0, 0.05) is 12.4 Å². The number of hydrogen-bond donors (Lipinski definition) is 0. The van der Waals surface area contributed by atoms with Crippen LogP contribution in [0, 0.1) is 0 Å². The molecule has 3 rings (SSSR count). The third kappa shape index (κ3) is 5.50. The Hall–Kier alpha value is -1.62. The smallest absolute Gasteiger partial charge is 0.0681 e. The van der Waals surface area contributed by atoms with E-state index in [4.69, 9.17) is 9.97 Å². The highest BCUT2D eigenvalue weighted by Crippen LogP contribution is 2.53. The predicted octanol–water partition coefficient (Wildman–Crippen LogP) is 5.81. The minimum absolute atomic E-state index is 0.134. The van der Waals surface area contributed by atoms with Gasteiger partial charge < -0.3 is 0 Å². The average molecular weight is 422 g/mol. The molecule has 0 saturated carbocycles. The van der Waals surface area contributed by atoms with Gasteiger partial charge in [-0.25, -0.2) is 0 Å². The van der Waals surface area contributed by atoms with Crippen molar-refractivity contribution >= 4 is 32.0 Å². The first kappa shape index (κ1) is 22.1. The molecule has 0 spiro atoms. The summed E-state index contributed by atoms with van der Waals surface area (Å²) >= 11 is 0. The van der Waals surface area contributed by atoms with Crippen molar-refractivity contribution in [3.8, 4) is 0 Å². The van der Waals surface area contributed by atoms with Crippen LogP contribution in [0.4, 0.5) is 0 Å². The Morgan fingerprint density at radius 2 is 1.21 bits per heavy atom. The van der Waals surface area contributed by atoms with E-state index < -0.39 is 15.8 Å². The number of rotatable bonds is 5. The number of nitrogens with zero attached hydrogens (tertiary/aromatic N) is 2. The van der Waals surface area contributed by atoms with Crippen LogP contribution >= 0.6 is 15.8 Å². The van der Waals surface area contributed by atoms with Crippen molar-refractivity contribution in [1.29, 1.82) is 0 Å². The highest BCUT2D eigenvalue weighted by atomic mass is 31.1. The molecule has 2 aromatic heterocycles. The van der Waals surface area contributed by atoms with Gasteiger partial charge in [0.2, 0.25) is 0 Å². The third-order valence-electron chi connectivity index (χ3n) is 4.85. The Morgan fingerprint density at radius 1 is 0.655 bits per heavy atom. The fourth-order valence-electron chi connectivity index (χ4n) is 3.52. The summed E-state index contributed by atoms with van der Waals surface area (Å²) in [6.45, 7) is 14.1. The largest absolute Gasteiger partial charge is 0.257 e. The SMILES string of the molecule is CC(C)(C)P(Cc1ccccc1P(c1ccccn1)C(C)(C)C)c1ccccn1. The summed E-state index contributed by atoms with van der Waals surface area (Å²) in [6.07, 6.45) is 4.90. The Bertz CT molecular complexity index is 913. The summed E-state index contributed by atoms with van der Waals surface area (Å²) in [4.78, 5) is 9.52. The summed E-state index contributed by atoms with van der Waals surface area (Å²) in [6, 6.07) is 21.7. The number of aromatic nitrogens is 2. The van der Waals surface area contributed by atoms with Crippen molar-refractivity contribution in [2.24, 2.45) is 0 Å². The molecule has 152 valence electrons. The second kappa shape index (κ2) is 9.03. The molecule has 2 heterocycles. The number of hydrogen-bond acceptors (Lipinski definition) is 2. The predicted molar refractivity (Wildman–Crippen MR) is 131 cm³/mol. The van der Waals surface area contributed by atoms with Crippen LogP contribution in [0.2, 0.25) is 0 Å². The van der Waals surface area contributed by atoms with Crippen LogP contribution in [-0.4, -0.2) is 20.3 Å². The van der Waals surface area contributed by atoms with Crippen molar-refractivity contribution in [3.63, 3.8) is 0 Å². The Labute approximate surface area is 178 Å². The lowest BCUT2D eigenvalue weighted by Crippen LogP contribution is -2.30. The van der Waals surface area contributed by atoms with E-state index in [-0.39, 0.29) is 10.3 Å². The molecule has 0 amide bonds. The molecule has 0 fully saturated rings. The van der Waals surface area contributed by atoms with E-state index in [1.165, 1.54) is 21.7 Å². The van der Waals surface area contributed by atoms with Crippen molar-refractivity contribution in [3.05, 3.63) is 78.6 Å². The molecule has 29 heavy (non-hydrogen) atoms. The molecule has 0 aliphatic rings. The van der Waals surface area contributed by atoms with E-state index in [1.54, 1.807) is 0 Å². The van der Waals surface area contributed by atoms with Crippen LogP contribution in [0.15, 0.2) is 73.1 Å². The first-order valence-corrected chi connectivity index (χ1v) is 13.0. The van der Waals surface area contributed by atoms with Crippen LogP contribution in [0.1, 0.15) is 47.1 Å². The van der Waals surface area contributed by atoms with Crippen molar-refractivity contribution in [1.82, 2.24) is 9.97 Å². The summed E-state index contributed by atoms with van der Waals surface area (Å²) < 4.78 is 0. The molecule has 0 N–H and O–H groups in total. The molecule has 0 bridgehead atoms. The Balaban J connectivity index is 2.08. The maximum atomic E-state index is 4.77. The van der Waals surface area contributed by atoms with Crippen LogP contribution in [0.3, 0.4) is 0 Å². The second-order valence-electron chi connectivity index (χ2n) is 9.27. The fourth-order valence-corrected chi connectivity index (χ4v) is 8.81. The Morgan fingerprint density at radius 3 is 1.72 bits per heavy atom. The highest BCUT2D eigenvalue weighted by molar-refractivity contribution is 7.74. The standard InChI is InChI=1S/C25H32N2P2/c1-24(2,3)28(22-15-9-11-17-26-22)19-20-13-7-8-14-21(20)29(25(4,5)6)23-16-10-12-18-27-23/h7-18H,19H2,1-6H3. The zero-order valence-corrected chi connectivity index (χ0v) is 20.2.